The number of anilines is 1. The first-order valence-corrected chi connectivity index (χ1v) is 8.89. The highest BCUT2D eigenvalue weighted by Gasteiger charge is 2.25. The molecule has 0 bridgehead atoms. The summed E-state index contributed by atoms with van der Waals surface area (Å²) in [7, 11) is 0. The number of carbonyl (C=O) groups excluding carboxylic acids is 1. The third kappa shape index (κ3) is 6.38. The second kappa shape index (κ2) is 9.42. The molecule has 3 unspecified atom stereocenters. The summed E-state index contributed by atoms with van der Waals surface area (Å²) in [5.41, 5.74) is 0.562. The fraction of sp³-hybridized carbons (Fsp3) is 0.579. The predicted molar refractivity (Wildman–Crippen MR) is 94.8 cm³/mol. The summed E-state index contributed by atoms with van der Waals surface area (Å²) in [5, 5.41) is 11.5. The van der Waals surface area contributed by atoms with E-state index in [0.717, 1.165) is 19.3 Å². The second-order valence-corrected chi connectivity index (χ2v) is 6.63. The van der Waals surface area contributed by atoms with Crippen LogP contribution in [0.5, 0.6) is 5.75 Å². The average Bonchev–Trinajstić information content (AvgIpc) is 2.58. The Kier molecular flexibility index (Phi) is 7.25. The highest BCUT2D eigenvalue weighted by Crippen LogP contribution is 2.27. The van der Waals surface area contributed by atoms with E-state index in [-0.39, 0.29) is 12.0 Å². The van der Waals surface area contributed by atoms with Crippen molar-refractivity contribution in [2.45, 2.75) is 58.2 Å². The lowest BCUT2D eigenvalue weighted by atomic mass is 9.88. The van der Waals surface area contributed by atoms with Crippen LogP contribution in [-0.2, 0) is 14.3 Å². The highest BCUT2D eigenvalue weighted by molar-refractivity contribution is 5.94. The SMILES string of the molecule is CCC(OC1CCCC(C)C1)C(=O)Nc1cccc(OCC(=O)O)c1. The van der Waals surface area contributed by atoms with Gasteiger partial charge in [-0.15, -0.1) is 0 Å². The predicted octanol–water partition coefficient (Wildman–Crippen LogP) is 3.46. The Morgan fingerprint density at radius 1 is 1.36 bits per heavy atom. The zero-order chi connectivity index (χ0) is 18.2. The van der Waals surface area contributed by atoms with Crippen molar-refractivity contribution in [3.63, 3.8) is 0 Å². The molecular weight excluding hydrogens is 322 g/mol. The summed E-state index contributed by atoms with van der Waals surface area (Å²) in [6, 6.07) is 6.70. The molecule has 0 heterocycles. The number of carbonyl (C=O) groups is 2. The number of rotatable bonds is 8. The number of ether oxygens (including phenoxy) is 2. The number of carboxylic acid groups (broad SMARTS) is 1. The molecule has 1 aliphatic carbocycles. The first kappa shape index (κ1) is 19.2. The zero-order valence-electron chi connectivity index (χ0n) is 14.9. The fourth-order valence-electron chi connectivity index (χ4n) is 3.11. The van der Waals surface area contributed by atoms with Crippen LogP contribution in [0.1, 0.15) is 46.0 Å². The largest absolute Gasteiger partial charge is 0.482 e. The van der Waals surface area contributed by atoms with Gasteiger partial charge in [-0.1, -0.05) is 32.8 Å². The Bertz CT molecular complexity index is 589. The summed E-state index contributed by atoms with van der Waals surface area (Å²) in [4.78, 5) is 23.1. The van der Waals surface area contributed by atoms with Crippen LogP contribution in [0.25, 0.3) is 0 Å². The maximum Gasteiger partial charge on any atom is 0.341 e. The van der Waals surface area contributed by atoms with Crippen LogP contribution in [0.3, 0.4) is 0 Å². The minimum Gasteiger partial charge on any atom is -0.482 e. The average molecular weight is 349 g/mol. The van der Waals surface area contributed by atoms with Crippen molar-refractivity contribution in [3.8, 4) is 5.75 Å². The van der Waals surface area contributed by atoms with E-state index in [9.17, 15) is 9.59 Å². The van der Waals surface area contributed by atoms with Crippen LogP contribution >= 0.6 is 0 Å². The van der Waals surface area contributed by atoms with E-state index in [4.69, 9.17) is 14.6 Å². The van der Waals surface area contributed by atoms with E-state index in [0.29, 0.717) is 23.8 Å². The summed E-state index contributed by atoms with van der Waals surface area (Å²) in [6.45, 7) is 3.74. The summed E-state index contributed by atoms with van der Waals surface area (Å²) in [6.07, 6.45) is 4.64. The van der Waals surface area contributed by atoms with E-state index in [1.807, 2.05) is 6.92 Å². The number of benzene rings is 1. The normalized spacial score (nSPS) is 21.4. The fourth-order valence-corrected chi connectivity index (χ4v) is 3.11. The van der Waals surface area contributed by atoms with Crippen LogP contribution < -0.4 is 10.1 Å². The van der Waals surface area contributed by atoms with Gasteiger partial charge < -0.3 is 19.9 Å². The molecule has 6 heteroatoms. The minimum absolute atomic E-state index is 0.143. The Morgan fingerprint density at radius 2 is 2.16 bits per heavy atom. The van der Waals surface area contributed by atoms with Crippen LogP contribution in [0.2, 0.25) is 0 Å². The van der Waals surface area contributed by atoms with Crippen LogP contribution in [0.4, 0.5) is 5.69 Å². The molecular formula is C19H27NO5. The van der Waals surface area contributed by atoms with E-state index in [2.05, 4.69) is 12.2 Å². The number of aliphatic carboxylic acids is 1. The third-order valence-corrected chi connectivity index (χ3v) is 4.37. The molecule has 138 valence electrons. The Labute approximate surface area is 148 Å². The molecule has 6 nitrogen and oxygen atoms in total. The maximum absolute atomic E-state index is 12.5. The van der Waals surface area contributed by atoms with Crippen LogP contribution in [0, 0.1) is 5.92 Å². The molecule has 2 N–H and O–H groups in total. The molecule has 0 radical (unpaired) electrons. The van der Waals surface area contributed by atoms with Crippen molar-refractivity contribution >= 4 is 17.6 Å². The zero-order valence-corrected chi connectivity index (χ0v) is 14.9. The first-order valence-electron chi connectivity index (χ1n) is 8.89. The standard InChI is InChI=1S/C19H27NO5/c1-3-17(25-16-9-4-6-13(2)10-16)19(23)20-14-7-5-8-15(11-14)24-12-18(21)22/h5,7-8,11,13,16-17H,3-4,6,9-10,12H2,1-2H3,(H,20,23)(H,21,22). The second-order valence-electron chi connectivity index (χ2n) is 6.63. The van der Waals surface area contributed by atoms with Crippen molar-refractivity contribution in [1.29, 1.82) is 0 Å². The molecule has 1 aliphatic rings. The van der Waals surface area contributed by atoms with Crippen molar-refractivity contribution in [3.05, 3.63) is 24.3 Å². The molecule has 1 amide bonds. The van der Waals surface area contributed by atoms with Gasteiger partial charge in [-0.2, -0.15) is 0 Å². The van der Waals surface area contributed by atoms with Crippen LogP contribution in [0.15, 0.2) is 24.3 Å². The van der Waals surface area contributed by atoms with E-state index in [1.54, 1.807) is 24.3 Å². The van der Waals surface area contributed by atoms with Gasteiger partial charge in [-0.25, -0.2) is 4.79 Å². The van der Waals surface area contributed by atoms with E-state index in [1.165, 1.54) is 6.42 Å². The van der Waals surface area contributed by atoms with Crippen molar-refractivity contribution in [2.24, 2.45) is 5.92 Å². The molecule has 1 fully saturated rings. The van der Waals surface area contributed by atoms with Gasteiger partial charge in [0.05, 0.1) is 6.10 Å². The van der Waals surface area contributed by atoms with Gasteiger partial charge in [0.1, 0.15) is 11.9 Å². The Hall–Kier alpha value is -2.08. The smallest absolute Gasteiger partial charge is 0.341 e. The summed E-state index contributed by atoms with van der Waals surface area (Å²) >= 11 is 0. The monoisotopic (exact) mass is 349 g/mol. The van der Waals surface area contributed by atoms with E-state index < -0.39 is 18.7 Å². The Morgan fingerprint density at radius 3 is 2.84 bits per heavy atom. The van der Waals surface area contributed by atoms with Gasteiger partial charge in [-0.3, -0.25) is 4.79 Å². The van der Waals surface area contributed by atoms with Crippen molar-refractivity contribution in [1.82, 2.24) is 0 Å². The van der Waals surface area contributed by atoms with Gasteiger partial charge in [-0.05, 0) is 37.3 Å². The first-order chi connectivity index (χ1) is 12.0. The number of hydrogen-bond donors (Lipinski definition) is 2. The quantitative estimate of drug-likeness (QED) is 0.751. The number of hydrogen-bond acceptors (Lipinski definition) is 4. The maximum atomic E-state index is 12.5. The highest BCUT2D eigenvalue weighted by atomic mass is 16.5. The minimum atomic E-state index is -1.05. The molecule has 0 aromatic heterocycles. The molecule has 1 aromatic carbocycles. The third-order valence-electron chi connectivity index (χ3n) is 4.37. The van der Waals surface area contributed by atoms with Crippen molar-refractivity contribution < 1.29 is 24.2 Å². The molecule has 2 rings (SSSR count). The molecule has 0 saturated heterocycles. The Balaban J connectivity index is 1.92. The summed E-state index contributed by atoms with van der Waals surface area (Å²) in [5.74, 6) is -0.190. The molecule has 0 spiro atoms. The number of nitrogens with one attached hydrogen (secondary N) is 1. The van der Waals surface area contributed by atoms with Crippen LogP contribution in [-0.4, -0.2) is 35.8 Å². The molecule has 3 atom stereocenters. The lowest BCUT2D eigenvalue weighted by Crippen LogP contribution is -2.35. The molecule has 1 aromatic rings. The number of carboxylic acids is 1. The molecule has 25 heavy (non-hydrogen) atoms. The van der Waals surface area contributed by atoms with Gasteiger partial charge in [0, 0.05) is 11.8 Å². The molecule has 0 aliphatic heterocycles. The van der Waals surface area contributed by atoms with Gasteiger partial charge in [0.15, 0.2) is 6.61 Å². The van der Waals surface area contributed by atoms with E-state index >= 15 is 0 Å². The van der Waals surface area contributed by atoms with Gasteiger partial charge in [0.2, 0.25) is 0 Å². The molecule has 1 saturated carbocycles. The lowest BCUT2D eigenvalue weighted by molar-refractivity contribution is -0.139. The number of amides is 1. The lowest BCUT2D eigenvalue weighted by Gasteiger charge is -2.29. The van der Waals surface area contributed by atoms with Crippen molar-refractivity contribution in [2.75, 3.05) is 11.9 Å². The summed E-state index contributed by atoms with van der Waals surface area (Å²) < 4.78 is 11.2. The topological polar surface area (TPSA) is 84.9 Å². The van der Waals surface area contributed by atoms with Gasteiger partial charge >= 0.3 is 5.97 Å². The van der Waals surface area contributed by atoms with Gasteiger partial charge in [0.25, 0.3) is 5.91 Å².